The van der Waals surface area contributed by atoms with E-state index in [1.54, 1.807) is 41.7 Å². The van der Waals surface area contributed by atoms with Crippen molar-refractivity contribution in [1.82, 2.24) is 25.1 Å². The Hall–Kier alpha value is -4.17. The van der Waals surface area contributed by atoms with E-state index in [1.807, 2.05) is 30.5 Å². The van der Waals surface area contributed by atoms with Crippen LogP contribution in [0.5, 0.6) is 0 Å². The number of nitrogens with zero attached hydrogens (tertiary/aromatic N) is 4. The third-order valence-electron chi connectivity index (χ3n) is 6.51. The lowest BCUT2D eigenvalue weighted by Crippen LogP contribution is -2.49. The van der Waals surface area contributed by atoms with Crippen LogP contribution in [-0.2, 0) is 30.5 Å². The van der Waals surface area contributed by atoms with Crippen molar-refractivity contribution in [2.75, 3.05) is 13.1 Å². The number of thiocarbonyl (C=S) groups is 1. The van der Waals surface area contributed by atoms with Crippen LogP contribution in [0.4, 0.5) is 13.2 Å². The SMILES string of the molecule is C=CCNC(=S)N(Cc1ccccc1C(F)(F)F)CC(CC(C)C)NC(=O)Cc1cncn1Cc1ccc(C#N)cc1. The summed E-state index contributed by atoms with van der Waals surface area (Å²) in [6, 6.07) is 14.3. The molecule has 1 atom stereocenters. The van der Waals surface area contributed by atoms with E-state index in [-0.39, 0.29) is 48.1 Å². The third kappa shape index (κ3) is 9.73. The van der Waals surface area contributed by atoms with E-state index in [1.165, 1.54) is 12.1 Å². The smallest absolute Gasteiger partial charge is 0.359 e. The van der Waals surface area contributed by atoms with Gasteiger partial charge in [0.25, 0.3) is 0 Å². The Kier molecular flexibility index (Phi) is 11.7. The number of halogens is 3. The van der Waals surface area contributed by atoms with E-state index in [0.717, 1.165) is 11.6 Å². The molecule has 7 nitrogen and oxygen atoms in total. The van der Waals surface area contributed by atoms with E-state index in [2.05, 4.69) is 28.3 Å². The molecule has 42 heavy (non-hydrogen) atoms. The number of carbonyl (C=O) groups excluding carboxylic acids is 1. The van der Waals surface area contributed by atoms with Crippen LogP contribution in [0.1, 0.15) is 48.2 Å². The molecule has 0 aliphatic rings. The summed E-state index contributed by atoms with van der Waals surface area (Å²) in [7, 11) is 0. The van der Waals surface area contributed by atoms with Crippen LogP contribution in [0, 0.1) is 17.2 Å². The Bertz CT molecular complexity index is 1390. The summed E-state index contributed by atoms with van der Waals surface area (Å²) >= 11 is 5.55. The lowest BCUT2D eigenvalue weighted by Gasteiger charge is -2.32. The number of nitrogens with one attached hydrogen (secondary N) is 2. The average Bonchev–Trinajstić information content (AvgIpc) is 3.36. The molecule has 0 saturated heterocycles. The zero-order valence-electron chi connectivity index (χ0n) is 23.7. The molecule has 2 aromatic carbocycles. The maximum absolute atomic E-state index is 13.7. The third-order valence-corrected chi connectivity index (χ3v) is 6.91. The van der Waals surface area contributed by atoms with Crippen molar-refractivity contribution in [3.63, 3.8) is 0 Å². The predicted octanol–water partition coefficient (Wildman–Crippen LogP) is 5.46. The summed E-state index contributed by atoms with van der Waals surface area (Å²) in [5.41, 5.74) is 1.60. The molecule has 222 valence electrons. The summed E-state index contributed by atoms with van der Waals surface area (Å²) in [5.74, 6) is -0.0286. The van der Waals surface area contributed by atoms with Crippen LogP contribution in [0.25, 0.3) is 0 Å². The van der Waals surface area contributed by atoms with Gasteiger partial charge in [-0.25, -0.2) is 4.98 Å². The Balaban J connectivity index is 1.76. The van der Waals surface area contributed by atoms with E-state index < -0.39 is 11.7 Å². The first-order valence-corrected chi connectivity index (χ1v) is 14.0. The molecule has 0 bridgehead atoms. The number of alkyl halides is 3. The fraction of sp³-hybridized carbons (Fsp3) is 0.355. The van der Waals surface area contributed by atoms with Crippen molar-refractivity contribution in [2.45, 2.75) is 52.0 Å². The fourth-order valence-electron chi connectivity index (χ4n) is 4.61. The quantitative estimate of drug-likeness (QED) is 0.201. The molecule has 0 spiro atoms. The summed E-state index contributed by atoms with van der Waals surface area (Å²) in [6.45, 7) is 8.67. The van der Waals surface area contributed by atoms with Gasteiger partial charge < -0.3 is 20.1 Å². The second-order valence-electron chi connectivity index (χ2n) is 10.4. The molecule has 2 N–H and O–H groups in total. The van der Waals surface area contributed by atoms with Crippen molar-refractivity contribution >= 4 is 23.2 Å². The molecule has 11 heteroatoms. The van der Waals surface area contributed by atoms with E-state index in [9.17, 15) is 18.0 Å². The first-order valence-electron chi connectivity index (χ1n) is 13.6. The summed E-state index contributed by atoms with van der Waals surface area (Å²) in [4.78, 5) is 19.1. The molecular weight excluding hydrogens is 561 g/mol. The van der Waals surface area contributed by atoms with Crippen LogP contribution >= 0.6 is 12.2 Å². The van der Waals surface area contributed by atoms with E-state index >= 15 is 0 Å². The predicted molar refractivity (Wildman–Crippen MR) is 160 cm³/mol. The summed E-state index contributed by atoms with van der Waals surface area (Å²) in [6.07, 6.45) is 1.05. The number of imidazole rings is 1. The number of hydrogen-bond acceptors (Lipinski definition) is 4. The molecule has 1 unspecified atom stereocenters. The Morgan fingerprint density at radius 3 is 2.57 bits per heavy atom. The lowest BCUT2D eigenvalue weighted by atomic mass is 10.0. The van der Waals surface area contributed by atoms with E-state index in [0.29, 0.717) is 30.8 Å². The molecular formula is C31H35F3N6OS. The van der Waals surface area contributed by atoms with Gasteiger partial charge in [-0.1, -0.05) is 50.3 Å². The van der Waals surface area contributed by atoms with Gasteiger partial charge in [-0.15, -0.1) is 6.58 Å². The molecule has 1 heterocycles. The number of carbonyl (C=O) groups is 1. The van der Waals surface area contributed by atoms with Crippen LogP contribution < -0.4 is 10.6 Å². The molecule has 0 saturated carbocycles. The molecule has 0 aliphatic heterocycles. The van der Waals surface area contributed by atoms with Crippen LogP contribution in [0.15, 0.2) is 73.7 Å². The highest BCUT2D eigenvalue weighted by atomic mass is 32.1. The Morgan fingerprint density at radius 2 is 1.93 bits per heavy atom. The minimum atomic E-state index is -4.51. The Morgan fingerprint density at radius 1 is 1.21 bits per heavy atom. The highest BCUT2D eigenvalue weighted by Crippen LogP contribution is 2.32. The average molecular weight is 597 g/mol. The van der Waals surface area contributed by atoms with Crippen molar-refractivity contribution < 1.29 is 18.0 Å². The molecule has 0 radical (unpaired) electrons. The van der Waals surface area contributed by atoms with E-state index in [4.69, 9.17) is 17.5 Å². The summed E-state index contributed by atoms with van der Waals surface area (Å²) < 4.78 is 43.1. The number of benzene rings is 2. The maximum Gasteiger partial charge on any atom is 0.416 e. The van der Waals surface area contributed by atoms with Gasteiger partial charge >= 0.3 is 6.18 Å². The fourth-order valence-corrected chi connectivity index (χ4v) is 4.83. The lowest BCUT2D eigenvalue weighted by molar-refractivity contribution is -0.138. The van der Waals surface area contributed by atoms with Crippen molar-refractivity contribution in [3.05, 3.63) is 102 Å². The van der Waals surface area contributed by atoms with Crippen LogP contribution in [0.2, 0.25) is 0 Å². The zero-order chi connectivity index (χ0) is 30.7. The number of hydrogen-bond donors (Lipinski definition) is 2. The standard InChI is InChI=1S/C31H35F3N6OS/c1-4-13-37-30(42)39(19-25-7-5-6-8-28(25)31(32,33)34)20-26(14-22(2)3)38-29(41)15-27-17-36-21-40(27)18-24-11-9-23(16-35)10-12-24/h4-12,17,21-22,26H,1,13-15,18-20H2,2-3H3,(H,37,42)(H,38,41). The number of aromatic nitrogens is 2. The number of nitriles is 1. The highest BCUT2D eigenvalue weighted by molar-refractivity contribution is 7.80. The largest absolute Gasteiger partial charge is 0.416 e. The van der Waals surface area contributed by atoms with Crippen LogP contribution in [-0.4, -0.2) is 44.6 Å². The second kappa shape index (κ2) is 15.2. The highest BCUT2D eigenvalue weighted by Gasteiger charge is 2.33. The maximum atomic E-state index is 13.7. The molecule has 3 aromatic rings. The molecule has 1 aromatic heterocycles. The topological polar surface area (TPSA) is 86.0 Å². The van der Waals surface area contributed by atoms with Crippen molar-refractivity contribution in [1.29, 1.82) is 5.26 Å². The van der Waals surface area contributed by atoms with Gasteiger partial charge in [0, 0.05) is 44.1 Å². The molecule has 0 aliphatic carbocycles. The monoisotopic (exact) mass is 596 g/mol. The summed E-state index contributed by atoms with van der Waals surface area (Å²) in [5, 5.41) is 15.4. The van der Waals surface area contributed by atoms with Crippen molar-refractivity contribution in [2.24, 2.45) is 5.92 Å². The van der Waals surface area contributed by atoms with Crippen molar-refractivity contribution in [3.8, 4) is 6.07 Å². The van der Waals surface area contributed by atoms with Gasteiger partial charge in [-0.2, -0.15) is 18.4 Å². The number of amides is 1. The first-order chi connectivity index (χ1) is 20.0. The minimum Gasteiger partial charge on any atom is -0.359 e. The molecule has 3 rings (SSSR count). The van der Waals surface area contributed by atoms with Crippen LogP contribution in [0.3, 0.4) is 0 Å². The Labute approximate surface area is 250 Å². The van der Waals surface area contributed by atoms with Gasteiger partial charge in [0.15, 0.2) is 5.11 Å². The molecule has 1 amide bonds. The second-order valence-corrected chi connectivity index (χ2v) is 10.8. The molecule has 0 fully saturated rings. The number of rotatable bonds is 13. The van der Waals surface area contributed by atoms with Gasteiger partial charge in [-0.05, 0) is 53.9 Å². The van der Waals surface area contributed by atoms with Gasteiger partial charge in [0.2, 0.25) is 5.91 Å². The normalized spacial score (nSPS) is 11.9. The van der Waals surface area contributed by atoms with Gasteiger partial charge in [0.05, 0.1) is 29.9 Å². The van der Waals surface area contributed by atoms with Gasteiger partial charge in [-0.3, -0.25) is 4.79 Å². The van der Waals surface area contributed by atoms with Gasteiger partial charge in [0.1, 0.15) is 0 Å². The zero-order valence-corrected chi connectivity index (χ0v) is 24.5. The minimum absolute atomic E-state index is 0.0704. The first kappa shape index (κ1) is 32.3.